The van der Waals surface area contributed by atoms with Crippen molar-refractivity contribution in [2.75, 3.05) is 39.5 Å². The zero-order valence-corrected chi connectivity index (χ0v) is 9.79. The highest BCUT2D eigenvalue weighted by atomic mass is 16.3. The Hall–Kier alpha value is -0.860. The van der Waals surface area contributed by atoms with Crippen LogP contribution in [0.5, 0.6) is 0 Å². The molecule has 0 aromatic heterocycles. The number of rotatable bonds is 10. The Labute approximate surface area is 101 Å². The van der Waals surface area contributed by atoms with Gasteiger partial charge in [-0.2, -0.15) is 0 Å². The van der Waals surface area contributed by atoms with Crippen LogP contribution in [0.15, 0.2) is 11.9 Å². The fraction of sp³-hybridized carbons (Fsp3) is 0.800. The van der Waals surface area contributed by atoms with Gasteiger partial charge in [0.15, 0.2) is 0 Å². The van der Waals surface area contributed by atoms with E-state index in [0.717, 1.165) is 0 Å². The van der Waals surface area contributed by atoms with Gasteiger partial charge in [-0.05, 0) is 0 Å². The van der Waals surface area contributed by atoms with Gasteiger partial charge in [-0.1, -0.05) is 0 Å². The van der Waals surface area contributed by atoms with Crippen LogP contribution in [-0.2, 0) is 0 Å². The molecule has 0 aliphatic rings. The third-order valence-electron chi connectivity index (χ3n) is 2.04. The van der Waals surface area contributed by atoms with E-state index in [9.17, 15) is 5.11 Å². The normalized spacial score (nSPS) is 13.6. The van der Waals surface area contributed by atoms with Gasteiger partial charge in [0.05, 0.1) is 25.5 Å². The molecule has 0 saturated heterocycles. The molecule has 17 heavy (non-hydrogen) atoms. The van der Waals surface area contributed by atoms with Gasteiger partial charge in [0, 0.05) is 32.3 Å². The van der Waals surface area contributed by atoms with E-state index in [2.05, 4.69) is 5.32 Å². The molecule has 6 N–H and O–H groups in total. The van der Waals surface area contributed by atoms with Crippen molar-refractivity contribution in [2.45, 2.75) is 12.6 Å². The molecule has 1 atom stereocenters. The van der Waals surface area contributed by atoms with Crippen molar-refractivity contribution in [3.8, 4) is 0 Å². The highest BCUT2D eigenvalue weighted by Gasteiger charge is 2.06. The third kappa shape index (κ3) is 7.94. The second-order valence-electron chi connectivity index (χ2n) is 3.47. The first kappa shape index (κ1) is 16.1. The summed E-state index contributed by atoms with van der Waals surface area (Å²) in [5.41, 5.74) is 0.354. The van der Waals surface area contributed by atoms with Crippen LogP contribution in [0, 0.1) is 0 Å². The standard InChI is InChI=1S/C10H22N2O5/c13-4-1-10(17)11-9(8-16)7-12(2-5-14)3-6-15/h7,10-11,13-17H,1-6,8H2/b9-7-. The van der Waals surface area contributed by atoms with E-state index in [4.69, 9.17) is 20.4 Å². The fourth-order valence-electron chi connectivity index (χ4n) is 1.25. The SMILES string of the molecule is OCCC(O)N/C(=C\N(CCO)CCO)CO. The van der Waals surface area contributed by atoms with Crippen LogP contribution in [0.4, 0.5) is 0 Å². The van der Waals surface area contributed by atoms with Crippen LogP contribution in [0.25, 0.3) is 0 Å². The van der Waals surface area contributed by atoms with Crippen LogP contribution >= 0.6 is 0 Å². The average molecular weight is 250 g/mol. The first-order valence-electron chi connectivity index (χ1n) is 5.50. The Kier molecular flexibility index (Phi) is 9.78. The lowest BCUT2D eigenvalue weighted by molar-refractivity contribution is 0.106. The average Bonchev–Trinajstić information content (AvgIpc) is 2.29. The fourth-order valence-corrected chi connectivity index (χ4v) is 1.25. The Morgan fingerprint density at radius 2 is 1.65 bits per heavy atom. The quantitative estimate of drug-likeness (QED) is 0.235. The van der Waals surface area contributed by atoms with Crippen molar-refractivity contribution in [1.82, 2.24) is 10.2 Å². The lowest BCUT2D eigenvalue weighted by Crippen LogP contribution is -2.33. The van der Waals surface area contributed by atoms with Gasteiger partial charge in [0.25, 0.3) is 0 Å². The monoisotopic (exact) mass is 250 g/mol. The van der Waals surface area contributed by atoms with Crippen LogP contribution in [-0.4, -0.2) is 76.2 Å². The van der Waals surface area contributed by atoms with E-state index in [1.807, 2.05) is 0 Å². The number of aliphatic hydroxyl groups excluding tert-OH is 5. The summed E-state index contributed by atoms with van der Waals surface area (Å²) >= 11 is 0. The Bertz CT molecular complexity index is 207. The van der Waals surface area contributed by atoms with Crippen molar-refractivity contribution >= 4 is 0 Å². The molecule has 7 heteroatoms. The zero-order valence-electron chi connectivity index (χ0n) is 9.79. The number of nitrogens with zero attached hydrogens (tertiary/aromatic N) is 1. The maximum atomic E-state index is 9.38. The Morgan fingerprint density at radius 3 is 2.06 bits per heavy atom. The Morgan fingerprint density at radius 1 is 1.06 bits per heavy atom. The van der Waals surface area contributed by atoms with Crippen molar-refractivity contribution in [3.63, 3.8) is 0 Å². The Balaban J connectivity index is 4.35. The van der Waals surface area contributed by atoms with E-state index in [0.29, 0.717) is 18.8 Å². The van der Waals surface area contributed by atoms with E-state index in [1.54, 1.807) is 4.90 Å². The first-order chi connectivity index (χ1) is 8.17. The van der Waals surface area contributed by atoms with Crippen molar-refractivity contribution in [1.29, 1.82) is 0 Å². The summed E-state index contributed by atoms with van der Waals surface area (Å²) in [5.74, 6) is 0. The molecule has 0 aliphatic heterocycles. The number of nitrogens with one attached hydrogen (secondary N) is 1. The highest BCUT2D eigenvalue weighted by molar-refractivity contribution is 5.00. The topological polar surface area (TPSA) is 116 Å². The molecular weight excluding hydrogens is 228 g/mol. The highest BCUT2D eigenvalue weighted by Crippen LogP contribution is 1.97. The predicted octanol–water partition coefficient (Wildman–Crippen LogP) is -2.60. The van der Waals surface area contributed by atoms with Crippen molar-refractivity contribution < 1.29 is 25.5 Å². The van der Waals surface area contributed by atoms with Gasteiger partial charge in [0.2, 0.25) is 0 Å². The molecular formula is C10H22N2O5. The summed E-state index contributed by atoms with van der Waals surface area (Å²) in [5, 5.41) is 47.3. The van der Waals surface area contributed by atoms with Crippen LogP contribution < -0.4 is 5.32 Å². The molecule has 0 saturated carbocycles. The van der Waals surface area contributed by atoms with Crippen LogP contribution in [0.3, 0.4) is 0 Å². The summed E-state index contributed by atoms with van der Waals surface area (Å²) < 4.78 is 0. The van der Waals surface area contributed by atoms with Crippen molar-refractivity contribution in [3.05, 3.63) is 11.9 Å². The van der Waals surface area contributed by atoms with Gasteiger partial charge in [0.1, 0.15) is 6.23 Å². The molecule has 0 radical (unpaired) electrons. The van der Waals surface area contributed by atoms with Crippen LogP contribution in [0.1, 0.15) is 6.42 Å². The summed E-state index contributed by atoms with van der Waals surface area (Å²) in [7, 11) is 0. The third-order valence-corrected chi connectivity index (χ3v) is 2.04. The summed E-state index contributed by atoms with van der Waals surface area (Å²) in [6, 6.07) is 0. The van der Waals surface area contributed by atoms with E-state index in [-0.39, 0.29) is 32.8 Å². The summed E-state index contributed by atoms with van der Waals surface area (Å²) in [4.78, 5) is 1.62. The van der Waals surface area contributed by atoms with Gasteiger partial charge in [-0.15, -0.1) is 0 Å². The molecule has 7 nitrogen and oxygen atoms in total. The summed E-state index contributed by atoms with van der Waals surface area (Å²) in [6.45, 7) is 0.0200. The summed E-state index contributed by atoms with van der Waals surface area (Å²) in [6.07, 6.45) is 0.730. The minimum Gasteiger partial charge on any atom is -0.396 e. The molecule has 0 rings (SSSR count). The lowest BCUT2D eigenvalue weighted by Gasteiger charge is -2.21. The molecule has 102 valence electrons. The second-order valence-corrected chi connectivity index (χ2v) is 3.47. The zero-order chi connectivity index (χ0) is 13.1. The molecule has 0 fully saturated rings. The minimum absolute atomic E-state index is 0.0750. The minimum atomic E-state index is -0.941. The first-order valence-corrected chi connectivity index (χ1v) is 5.50. The molecule has 0 aromatic rings. The van der Waals surface area contributed by atoms with E-state index >= 15 is 0 Å². The smallest absolute Gasteiger partial charge is 0.126 e. The number of aliphatic hydroxyl groups is 5. The maximum absolute atomic E-state index is 9.38. The van der Waals surface area contributed by atoms with E-state index < -0.39 is 6.23 Å². The molecule has 1 unspecified atom stereocenters. The molecule has 0 amide bonds. The van der Waals surface area contributed by atoms with E-state index in [1.165, 1.54) is 6.20 Å². The maximum Gasteiger partial charge on any atom is 0.126 e. The molecule has 0 spiro atoms. The molecule has 0 bridgehead atoms. The van der Waals surface area contributed by atoms with Crippen LogP contribution in [0.2, 0.25) is 0 Å². The van der Waals surface area contributed by atoms with Gasteiger partial charge < -0.3 is 35.7 Å². The van der Waals surface area contributed by atoms with Gasteiger partial charge in [-0.25, -0.2) is 0 Å². The van der Waals surface area contributed by atoms with Crippen molar-refractivity contribution in [2.24, 2.45) is 0 Å². The predicted molar refractivity (Wildman–Crippen MR) is 61.8 cm³/mol. The van der Waals surface area contributed by atoms with Gasteiger partial charge >= 0.3 is 0 Å². The number of hydrogen-bond acceptors (Lipinski definition) is 7. The van der Waals surface area contributed by atoms with Gasteiger partial charge in [-0.3, -0.25) is 0 Å². The molecule has 0 heterocycles. The number of hydrogen-bond donors (Lipinski definition) is 6. The molecule has 0 aromatic carbocycles. The lowest BCUT2D eigenvalue weighted by atomic mass is 10.3. The largest absolute Gasteiger partial charge is 0.396 e. The molecule has 0 aliphatic carbocycles. The second kappa shape index (κ2) is 10.3.